The van der Waals surface area contributed by atoms with E-state index in [1.165, 1.54) is 6.07 Å². The summed E-state index contributed by atoms with van der Waals surface area (Å²) < 4.78 is 56.5. The van der Waals surface area contributed by atoms with Gasteiger partial charge in [-0.3, -0.25) is 0 Å². The minimum absolute atomic E-state index is 0.0812. The van der Waals surface area contributed by atoms with Crippen LogP contribution in [0.15, 0.2) is 47.4 Å². The Morgan fingerprint density at radius 1 is 1.00 bits per heavy atom. The summed E-state index contributed by atoms with van der Waals surface area (Å²) >= 11 is 0. The summed E-state index contributed by atoms with van der Waals surface area (Å²) in [6.07, 6.45) is 0.918. The number of rotatable bonds is 10. The topological polar surface area (TPSA) is 113 Å². The summed E-state index contributed by atoms with van der Waals surface area (Å²) in [5.41, 5.74) is 1.38. The Labute approximate surface area is 192 Å². The van der Waals surface area contributed by atoms with E-state index in [9.17, 15) is 21.9 Å². The predicted molar refractivity (Wildman–Crippen MR) is 128 cm³/mol. The highest BCUT2D eigenvalue weighted by molar-refractivity contribution is 7.89. The van der Waals surface area contributed by atoms with Gasteiger partial charge in [-0.05, 0) is 75.8 Å². The standard InChI is InChI=1S/C23H34N2O5S2/c1-6-20(24-31(27,28)14-13-18-12-11-17(2)15-21(18)26)16-19-9-7-8-10-22(19)32(29,30)25-23(3,4)5/h7-12,15,20,24-26H,6,13-14,16H2,1-5H3. The molecule has 0 bridgehead atoms. The fraction of sp³-hybridized carbons (Fsp3) is 0.478. The second kappa shape index (κ2) is 10.3. The van der Waals surface area contributed by atoms with Crippen molar-refractivity contribution in [3.63, 3.8) is 0 Å². The van der Waals surface area contributed by atoms with Crippen LogP contribution in [0.25, 0.3) is 0 Å². The zero-order valence-electron chi connectivity index (χ0n) is 19.3. The molecule has 2 rings (SSSR count). The molecule has 7 nitrogen and oxygen atoms in total. The van der Waals surface area contributed by atoms with Crippen LogP contribution >= 0.6 is 0 Å². The van der Waals surface area contributed by atoms with Gasteiger partial charge in [0.05, 0.1) is 10.6 Å². The first kappa shape index (κ1) is 26.3. The van der Waals surface area contributed by atoms with Crippen molar-refractivity contribution in [2.75, 3.05) is 5.75 Å². The van der Waals surface area contributed by atoms with Gasteiger partial charge in [0.2, 0.25) is 20.0 Å². The molecular formula is C23H34N2O5S2. The van der Waals surface area contributed by atoms with Crippen LogP contribution in [0.4, 0.5) is 0 Å². The van der Waals surface area contributed by atoms with Gasteiger partial charge in [-0.1, -0.05) is 37.3 Å². The fourth-order valence-electron chi connectivity index (χ4n) is 3.37. The highest BCUT2D eigenvalue weighted by Crippen LogP contribution is 2.21. The van der Waals surface area contributed by atoms with Crippen LogP contribution in [0.3, 0.4) is 0 Å². The molecule has 0 aliphatic heterocycles. The van der Waals surface area contributed by atoms with Crippen LogP contribution in [0.1, 0.15) is 50.8 Å². The number of nitrogens with one attached hydrogen (secondary N) is 2. The van der Waals surface area contributed by atoms with Crippen LogP contribution in [-0.2, 0) is 32.9 Å². The van der Waals surface area contributed by atoms with Gasteiger partial charge in [0.1, 0.15) is 5.75 Å². The number of sulfonamides is 2. The first-order valence-corrected chi connectivity index (χ1v) is 13.8. The minimum atomic E-state index is -3.76. The maximum absolute atomic E-state index is 12.9. The molecule has 1 atom stereocenters. The molecule has 0 saturated carbocycles. The van der Waals surface area contributed by atoms with E-state index in [1.807, 2.05) is 19.9 Å². The van der Waals surface area contributed by atoms with Gasteiger partial charge >= 0.3 is 0 Å². The minimum Gasteiger partial charge on any atom is -0.508 e. The van der Waals surface area contributed by atoms with Crippen LogP contribution < -0.4 is 9.44 Å². The van der Waals surface area contributed by atoms with Crippen LogP contribution in [0, 0.1) is 6.92 Å². The van der Waals surface area contributed by atoms with E-state index in [0.29, 0.717) is 17.5 Å². The molecule has 1 unspecified atom stereocenters. The number of aromatic hydroxyl groups is 1. The molecule has 0 spiro atoms. The molecule has 32 heavy (non-hydrogen) atoms. The molecule has 0 amide bonds. The highest BCUT2D eigenvalue weighted by Gasteiger charge is 2.26. The van der Waals surface area contributed by atoms with Crippen molar-refractivity contribution in [3.8, 4) is 5.75 Å². The average Bonchev–Trinajstić information content (AvgIpc) is 2.65. The Morgan fingerprint density at radius 2 is 1.66 bits per heavy atom. The SMILES string of the molecule is CCC(Cc1ccccc1S(=O)(=O)NC(C)(C)C)NS(=O)(=O)CCc1ccc(C)cc1O. The van der Waals surface area contributed by atoms with E-state index in [0.717, 1.165) is 5.56 Å². The maximum Gasteiger partial charge on any atom is 0.241 e. The van der Waals surface area contributed by atoms with Gasteiger partial charge in [-0.25, -0.2) is 26.3 Å². The van der Waals surface area contributed by atoms with E-state index >= 15 is 0 Å². The van der Waals surface area contributed by atoms with Gasteiger partial charge < -0.3 is 5.11 Å². The van der Waals surface area contributed by atoms with Crippen molar-refractivity contribution in [1.29, 1.82) is 0 Å². The summed E-state index contributed by atoms with van der Waals surface area (Å²) in [7, 11) is -7.40. The summed E-state index contributed by atoms with van der Waals surface area (Å²) in [5, 5.41) is 10.0. The van der Waals surface area contributed by atoms with E-state index in [-0.39, 0.29) is 29.2 Å². The normalized spacial score (nSPS) is 13.8. The Morgan fingerprint density at radius 3 is 2.25 bits per heavy atom. The maximum atomic E-state index is 12.9. The summed E-state index contributed by atoms with van der Waals surface area (Å²) in [6.45, 7) is 9.00. The summed E-state index contributed by atoms with van der Waals surface area (Å²) in [6, 6.07) is 11.3. The monoisotopic (exact) mass is 482 g/mol. The van der Waals surface area contributed by atoms with Gasteiger partial charge in [0, 0.05) is 11.6 Å². The number of benzene rings is 2. The Kier molecular flexibility index (Phi) is 8.50. The van der Waals surface area contributed by atoms with E-state index in [4.69, 9.17) is 0 Å². The number of hydrogen-bond donors (Lipinski definition) is 3. The van der Waals surface area contributed by atoms with E-state index in [1.54, 1.807) is 51.1 Å². The number of hydrogen-bond acceptors (Lipinski definition) is 5. The predicted octanol–water partition coefficient (Wildman–Crippen LogP) is 3.26. The van der Waals surface area contributed by atoms with Gasteiger partial charge in [-0.15, -0.1) is 0 Å². The Bertz CT molecular complexity index is 1140. The lowest BCUT2D eigenvalue weighted by Gasteiger charge is -2.23. The smallest absolute Gasteiger partial charge is 0.241 e. The summed E-state index contributed by atoms with van der Waals surface area (Å²) in [5.74, 6) is -0.0937. The quantitative estimate of drug-likeness (QED) is 0.481. The number of phenols is 1. The Balaban J connectivity index is 2.15. The third-order valence-corrected chi connectivity index (χ3v) is 8.18. The molecule has 2 aromatic rings. The average molecular weight is 483 g/mol. The lowest BCUT2D eigenvalue weighted by Crippen LogP contribution is -2.41. The Hall–Kier alpha value is -1.94. The molecule has 9 heteroatoms. The molecule has 3 N–H and O–H groups in total. The molecule has 178 valence electrons. The number of phenolic OH excluding ortho intramolecular Hbond substituents is 1. The zero-order valence-corrected chi connectivity index (χ0v) is 21.0. The van der Waals surface area contributed by atoms with E-state index in [2.05, 4.69) is 9.44 Å². The highest BCUT2D eigenvalue weighted by atomic mass is 32.2. The molecule has 2 aromatic carbocycles. The molecule has 0 aliphatic carbocycles. The first-order valence-electron chi connectivity index (χ1n) is 10.6. The van der Waals surface area contributed by atoms with Crippen molar-refractivity contribution in [2.45, 2.75) is 70.4 Å². The molecule has 0 fully saturated rings. The molecule has 0 heterocycles. The van der Waals surface area contributed by atoms with Crippen LogP contribution in [0.5, 0.6) is 5.75 Å². The van der Waals surface area contributed by atoms with Crippen molar-refractivity contribution in [2.24, 2.45) is 0 Å². The lowest BCUT2D eigenvalue weighted by atomic mass is 10.1. The van der Waals surface area contributed by atoms with Gasteiger partial charge in [-0.2, -0.15) is 0 Å². The second-order valence-electron chi connectivity index (χ2n) is 9.09. The van der Waals surface area contributed by atoms with Crippen molar-refractivity contribution in [1.82, 2.24) is 9.44 Å². The van der Waals surface area contributed by atoms with Crippen molar-refractivity contribution < 1.29 is 21.9 Å². The third-order valence-electron chi connectivity index (χ3n) is 4.89. The second-order valence-corrected chi connectivity index (χ2v) is 12.6. The molecular weight excluding hydrogens is 448 g/mol. The molecule has 0 aromatic heterocycles. The molecule has 0 radical (unpaired) electrons. The third kappa shape index (κ3) is 7.88. The zero-order chi connectivity index (χ0) is 24.2. The summed E-state index contributed by atoms with van der Waals surface area (Å²) in [4.78, 5) is 0.150. The molecule has 0 saturated heterocycles. The van der Waals surface area contributed by atoms with Crippen molar-refractivity contribution in [3.05, 3.63) is 59.2 Å². The largest absolute Gasteiger partial charge is 0.508 e. The van der Waals surface area contributed by atoms with Crippen LogP contribution in [-0.4, -0.2) is 39.3 Å². The molecule has 0 aliphatic rings. The van der Waals surface area contributed by atoms with Crippen molar-refractivity contribution >= 4 is 20.0 Å². The van der Waals surface area contributed by atoms with Crippen LogP contribution in [0.2, 0.25) is 0 Å². The van der Waals surface area contributed by atoms with Gasteiger partial charge in [0.25, 0.3) is 0 Å². The van der Waals surface area contributed by atoms with E-state index < -0.39 is 31.6 Å². The fourth-order valence-corrected chi connectivity index (χ4v) is 6.40. The van der Waals surface area contributed by atoms with Gasteiger partial charge in [0.15, 0.2) is 0 Å². The lowest BCUT2D eigenvalue weighted by molar-refractivity contribution is 0.468. The number of aryl methyl sites for hydroxylation is 2. The first-order chi connectivity index (χ1) is 14.7.